The molecule has 1 spiro atoms. The molecule has 1 aliphatic heterocycles. The van der Waals surface area contributed by atoms with Crippen LogP contribution in [0.5, 0.6) is 5.75 Å². The van der Waals surface area contributed by atoms with Crippen molar-refractivity contribution in [1.82, 2.24) is 5.32 Å². The van der Waals surface area contributed by atoms with E-state index in [1.54, 1.807) is 0 Å². The molecule has 0 saturated heterocycles. The van der Waals surface area contributed by atoms with Crippen LogP contribution in [0.4, 0.5) is 0 Å². The second-order valence-electron chi connectivity index (χ2n) is 7.50. The van der Waals surface area contributed by atoms with Gasteiger partial charge >= 0.3 is 0 Å². The predicted molar refractivity (Wildman–Crippen MR) is 87.8 cm³/mol. The summed E-state index contributed by atoms with van der Waals surface area (Å²) < 4.78 is 6.59. The molecular weight excluding hydrogens is 258 g/mol. The lowest BCUT2D eigenvalue weighted by Crippen LogP contribution is -2.48. The van der Waals surface area contributed by atoms with Gasteiger partial charge in [0.1, 0.15) is 11.4 Å². The van der Waals surface area contributed by atoms with Gasteiger partial charge in [0.25, 0.3) is 0 Å². The molecule has 1 saturated carbocycles. The summed E-state index contributed by atoms with van der Waals surface area (Å²) in [4.78, 5) is 0. The summed E-state index contributed by atoms with van der Waals surface area (Å²) in [7, 11) is 0. The monoisotopic (exact) mass is 287 g/mol. The Morgan fingerprint density at radius 3 is 2.57 bits per heavy atom. The maximum atomic E-state index is 6.59. The van der Waals surface area contributed by atoms with Crippen LogP contribution in [0.25, 0.3) is 0 Å². The minimum absolute atomic E-state index is 0.0478. The SMILES string of the molecule is CCNC1CC2(CC(C)CC(C)C2)Oc2ccc(C)cc21. The topological polar surface area (TPSA) is 21.3 Å². The minimum atomic E-state index is 0.0478. The van der Waals surface area contributed by atoms with E-state index in [4.69, 9.17) is 4.74 Å². The zero-order chi connectivity index (χ0) is 15.0. The van der Waals surface area contributed by atoms with Gasteiger partial charge in [0, 0.05) is 18.0 Å². The second kappa shape index (κ2) is 5.64. The van der Waals surface area contributed by atoms with Crippen molar-refractivity contribution in [1.29, 1.82) is 0 Å². The van der Waals surface area contributed by atoms with Gasteiger partial charge in [-0.15, -0.1) is 0 Å². The van der Waals surface area contributed by atoms with E-state index in [2.05, 4.69) is 51.2 Å². The Bertz CT molecular complexity index is 500. The molecule has 2 nitrogen and oxygen atoms in total. The molecule has 2 aliphatic rings. The number of nitrogens with one attached hydrogen (secondary N) is 1. The van der Waals surface area contributed by atoms with Crippen LogP contribution in [0.3, 0.4) is 0 Å². The van der Waals surface area contributed by atoms with E-state index in [9.17, 15) is 0 Å². The molecule has 1 fully saturated rings. The molecule has 3 rings (SSSR count). The summed E-state index contributed by atoms with van der Waals surface area (Å²) in [6.07, 6.45) is 4.86. The molecule has 116 valence electrons. The average molecular weight is 287 g/mol. The first-order chi connectivity index (χ1) is 10.0. The van der Waals surface area contributed by atoms with Gasteiger partial charge in [-0.2, -0.15) is 0 Å². The third-order valence-corrected chi connectivity index (χ3v) is 5.14. The molecule has 0 bridgehead atoms. The van der Waals surface area contributed by atoms with Crippen LogP contribution < -0.4 is 10.1 Å². The lowest BCUT2D eigenvalue weighted by Gasteiger charge is -2.48. The van der Waals surface area contributed by atoms with Crippen molar-refractivity contribution in [2.75, 3.05) is 6.54 Å². The Kier molecular flexibility index (Phi) is 4.00. The molecule has 1 aromatic rings. The largest absolute Gasteiger partial charge is 0.487 e. The molecule has 3 atom stereocenters. The number of fused-ring (bicyclic) bond motifs is 1. The fraction of sp³-hybridized carbons (Fsp3) is 0.684. The van der Waals surface area contributed by atoms with Crippen LogP contribution in [-0.4, -0.2) is 12.1 Å². The van der Waals surface area contributed by atoms with Gasteiger partial charge in [0.15, 0.2) is 0 Å². The highest BCUT2D eigenvalue weighted by Crippen LogP contribution is 2.48. The molecule has 1 N–H and O–H groups in total. The maximum absolute atomic E-state index is 6.59. The molecule has 1 heterocycles. The van der Waals surface area contributed by atoms with Crippen molar-refractivity contribution in [3.05, 3.63) is 29.3 Å². The first-order valence-corrected chi connectivity index (χ1v) is 8.54. The van der Waals surface area contributed by atoms with E-state index in [0.29, 0.717) is 6.04 Å². The van der Waals surface area contributed by atoms with Crippen LogP contribution in [0.2, 0.25) is 0 Å². The van der Waals surface area contributed by atoms with E-state index >= 15 is 0 Å². The third-order valence-electron chi connectivity index (χ3n) is 5.14. The molecule has 1 aliphatic carbocycles. The average Bonchev–Trinajstić information content (AvgIpc) is 2.38. The first-order valence-electron chi connectivity index (χ1n) is 8.54. The minimum Gasteiger partial charge on any atom is -0.487 e. The van der Waals surface area contributed by atoms with Crippen LogP contribution in [0, 0.1) is 18.8 Å². The molecule has 0 radical (unpaired) electrons. The molecule has 0 aromatic heterocycles. The number of aryl methyl sites for hydroxylation is 1. The third kappa shape index (κ3) is 2.96. The van der Waals surface area contributed by atoms with Crippen molar-refractivity contribution in [3.63, 3.8) is 0 Å². The summed E-state index contributed by atoms with van der Waals surface area (Å²) in [5, 5.41) is 3.69. The van der Waals surface area contributed by atoms with Crippen LogP contribution in [-0.2, 0) is 0 Å². The van der Waals surface area contributed by atoms with Gasteiger partial charge in [-0.3, -0.25) is 0 Å². The number of hydrogen-bond acceptors (Lipinski definition) is 2. The van der Waals surface area contributed by atoms with Crippen LogP contribution >= 0.6 is 0 Å². The van der Waals surface area contributed by atoms with Crippen molar-refractivity contribution < 1.29 is 4.74 Å². The van der Waals surface area contributed by atoms with Crippen molar-refractivity contribution in [2.45, 2.75) is 65.0 Å². The van der Waals surface area contributed by atoms with Gasteiger partial charge in [0.2, 0.25) is 0 Å². The molecule has 21 heavy (non-hydrogen) atoms. The summed E-state index contributed by atoms with van der Waals surface area (Å²) in [6, 6.07) is 7.10. The summed E-state index contributed by atoms with van der Waals surface area (Å²) >= 11 is 0. The molecule has 3 unspecified atom stereocenters. The van der Waals surface area contributed by atoms with E-state index in [1.807, 2.05) is 0 Å². The highest BCUT2D eigenvalue weighted by molar-refractivity contribution is 5.42. The van der Waals surface area contributed by atoms with Crippen molar-refractivity contribution >= 4 is 0 Å². The summed E-state index contributed by atoms with van der Waals surface area (Å²) in [5.41, 5.74) is 2.72. The molecule has 0 amide bonds. The first kappa shape index (κ1) is 14.9. The summed E-state index contributed by atoms with van der Waals surface area (Å²) in [5.74, 6) is 2.64. The number of rotatable bonds is 2. The van der Waals surface area contributed by atoms with Crippen LogP contribution in [0.15, 0.2) is 18.2 Å². The van der Waals surface area contributed by atoms with E-state index in [0.717, 1.165) is 30.6 Å². The van der Waals surface area contributed by atoms with Crippen molar-refractivity contribution in [3.8, 4) is 5.75 Å². The van der Waals surface area contributed by atoms with Gasteiger partial charge in [0.05, 0.1) is 0 Å². The van der Waals surface area contributed by atoms with Crippen LogP contribution in [0.1, 0.15) is 63.6 Å². The summed E-state index contributed by atoms with van der Waals surface area (Å²) in [6.45, 7) is 10.1. The second-order valence-corrected chi connectivity index (χ2v) is 7.50. The van der Waals surface area contributed by atoms with Gasteiger partial charge in [-0.05, 0) is 50.6 Å². The zero-order valence-electron chi connectivity index (χ0n) is 13.9. The van der Waals surface area contributed by atoms with Gasteiger partial charge in [-0.25, -0.2) is 0 Å². The Morgan fingerprint density at radius 2 is 1.90 bits per heavy atom. The quantitative estimate of drug-likeness (QED) is 0.856. The molecule has 2 heteroatoms. The Balaban J connectivity index is 1.95. The smallest absolute Gasteiger partial charge is 0.124 e. The van der Waals surface area contributed by atoms with E-state index < -0.39 is 0 Å². The normalized spacial score (nSPS) is 35.3. The van der Waals surface area contributed by atoms with E-state index in [1.165, 1.54) is 30.4 Å². The predicted octanol–water partition coefficient (Wildman–Crippen LogP) is 4.62. The Morgan fingerprint density at radius 1 is 1.19 bits per heavy atom. The number of hydrogen-bond donors (Lipinski definition) is 1. The van der Waals surface area contributed by atoms with E-state index in [-0.39, 0.29) is 5.60 Å². The maximum Gasteiger partial charge on any atom is 0.124 e. The highest BCUT2D eigenvalue weighted by atomic mass is 16.5. The Labute approximate surface area is 129 Å². The highest BCUT2D eigenvalue weighted by Gasteiger charge is 2.45. The van der Waals surface area contributed by atoms with Gasteiger partial charge in [-0.1, -0.05) is 38.5 Å². The lowest BCUT2D eigenvalue weighted by molar-refractivity contribution is -0.0346. The van der Waals surface area contributed by atoms with Crippen molar-refractivity contribution in [2.24, 2.45) is 11.8 Å². The standard InChI is InChI=1S/C19H29NO/c1-5-20-17-12-19(10-14(3)8-15(4)11-19)21-18-7-6-13(2)9-16(17)18/h6-7,9,14-15,17,20H,5,8,10-12H2,1-4H3. The fourth-order valence-corrected chi connectivity index (χ4v) is 4.68. The zero-order valence-corrected chi connectivity index (χ0v) is 13.9. The fourth-order valence-electron chi connectivity index (χ4n) is 4.68. The Hall–Kier alpha value is -1.02. The lowest BCUT2D eigenvalue weighted by atomic mass is 9.69. The molecular formula is C19H29NO. The number of benzene rings is 1. The number of ether oxygens (including phenoxy) is 1. The van der Waals surface area contributed by atoms with Gasteiger partial charge < -0.3 is 10.1 Å². The molecule has 1 aromatic carbocycles.